The van der Waals surface area contributed by atoms with Crippen LogP contribution in [0.1, 0.15) is 0 Å². The first-order valence-electron chi connectivity index (χ1n) is 7.81. The number of fused-ring (bicyclic) bond motifs is 2. The number of rotatable bonds is 3. The minimum atomic E-state index is -0.157. The highest BCUT2D eigenvalue weighted by molar-refractivity contribution is 5.97. The molecule has 122 valence electrons. The van der Waals surface area contributed by atoms with Gasteiger partial charge in [-0.25, -0.2) is 4.98 Å². The molecule has 3 heterocycles. The van der Waals surface area contributed by atoms with Gasteiger partial charge in [-0.1, -0.05) is 12.0 Å². The summed E-state index contributed by atoms with van der Waals surface area (Å²) in [5.41, 5.74) is 3.13. The number of aromatic nitrogens is 3. The van der Waals surface area contributed by atoms with Gasteiger partial charge in [0.05, 0.1) is 24.9 Å². The fourth-order valence-corrected chi connectivity index (χ4v) is 3.09. The van der Waals surface area contributed by atoms with Crippen LogP contribution in [0.15, 0.2) is 59.7 Å². The van der Waals surface area contributed by atoms with Crippen LogP contribution in [0, 0.1) is 12.3 Å². The maximum Gasteiger partial charge on any atom is 0.251 e. The number of methoxy groups -OCH3 is 1. The van der Waals surface area contributed by atoms with Gasteiger partial charge in [-0.05, 0) is 30.3 Å². The largest absolute Gasteiger partial charge is 0.495 e. The van der Waals surface area contributed by atoms with E-state index < -0.39 is 0 Å². The maximum atomic E-state index is 12.3. The van der Waals surface area contributed by atoms with Crippen LogP contribution >= 0.6 is 0 Å². The predicted molar refractivity (Wildman–Crippen MR) is 97.8 cm³/mol. The summed E-state index contributed by atoms with van der Waals surface area (Å²) in [5.74, 6) is 3.14. The van der Waals surface area contributed by atoms with Crippen molar-refractivity contribution in [1.29, 1.82) is 0 Å². The molecule has 4 aromatic rings. The number of imidazole rings is 1. The van der Waals surface area contributed by atoms with Crippen LogP contribution in [0.5, 0.6) is 5.75 Å². The molecule has 5 heteroatoms. The van der Waals surface area contributed by atoms with Gasteiger partial charge in [0.1, 0.15) is 11.4 Å². The van der Waals surface area contributed by atoms with Crippen molar-refractivity contribution in [1.82, 2.24) is 14.0 Å². The molecule has 0 atom stereocenters. The topological polar surface area (TPSA) is 48.5 Å². The number of benzene rings is 1. The Bertz CT molecular complexity index is 1160. The van der Waals surface area contributed by atoms with Crippen molar-refractivity contribution in [3.63, 3.8) is 0 Å². The molecule has 0 saturated carbocycles. The fourth-order valence-electron chi connectivity index (χ4n) is 3.09. The van der Waals surface area contributed by atoms with E-state index in [1.165, 1.54) is 6.07 Å². The minimum absolute atomic E-state index is 0.157. The van der Waals surface area contributed by atoms with E-state index in [1.807, 2.05) is 47.1 Å². The molecule has 0 aliphatic heterocycles. The Morgan fingerprint density at radius 3 is 2.84 bits per heavy atom. The Hall–Kier alpha value is -3.52. The van der Waals surface area contributed by atoms with Crippen LogP contribution in [0.25, 0.3) is 27.8 Å². The van der Waals surface area contributed by atoms with Crippen LogP contribution < -0.4 is 10.3 Å². The highest BCUT2D eigenvalue weighted by atomic mass is 16.5. The van der Waals surface area contributed by atoms with E-state index in [0.29, 0.717) is 11.3 Å². The first-order chi connectivity index (χ1) is 12.2. The average molecular weight is 329 g/mol. The van der Waals surface area contributed by atoms with Gasteiger partial charge in [0, 0.05) is 29.4 Å². The van der Waals surface area contributed by atoms with E-state index in [4.69, 9.17) is 11.2 Å². The summed E-state index contributed by atoms with van der Waals surface area (Å²) in [6.07, 6.45) is 9.36. The molecule has 5 nitrogen and oxygen atoms in total. The molecule has 0 fully saturated rings. The van der Waals surface area contributed by atoms with E-state index in [2.05, 4.69) is 10.9 Å². The van der Waals surface area contributed by atoms with Gasteiger partial charge >= 0.3 is 0 Å². The molecule has 0 radical (unpaired) electrons. The lowest BCUT2D eigenvalue weighted by molar-refractivity contribution is 0.417. The Balaban J connectivity index is 2.07. The third-order valence-electron chi connectivity index (χ3n) is 4.22. The molecule has 0 N–H and O–H groups in total. The Labute approximate surface area is 144 Å². The van der Waals surface area contributed by atoms with Crippen LogP contribution in [0.4, 0.5) is 0 Å². The highest BCUT2D eigenvalue weighted by Gasteiger charge is 2.15. The number of pyridine rings is 2. The minimum Gasteiger partial charge on any atom is -0.495 e. The van der Waals surface area contributed by atoms with Crippen molar-refractivity contribution in [2.75, 3.05) is 7.11 Å². The molecule has 25 heavy (non-hydrogen) atoms. The van der Waals surface area contributed by atoms with Gasteiger partial charge < -0.3 is 9.14 Å². The van der Waals surface area contributed by atoms with E-state index >= 15 is 0 Å². The van der Waals surface area contributed by atoms with E-state index in [-0.39, 0.29) is 12.1 Å². The standard InChI is InChI=1S/C20H15N3O2/c1-3-11-23-19(24)10-8-15-14(7-9-17(25-2)20(15)23)16-13-22-12-5-4-6-18(22)21-16/h1,4-10,12-13H,11H2,2H3. The average Bonchev–Trinajstić information content (AvgIpc) is 3.07. The number of ether oxygens (including phenoxy) is 1. The van der Waals surface area contributed by atoms with Crippen LogP contribution in [0.2, 0.25) is 0 Å². The first-order valence-corrected chi connectivity index (χ1v) is 7.81. The molecule has 0 aliphatic rings. The normalized spacial score (nSPS) is 10.9. The van der Waals surface area contributed by atoms with Crippen molar-refractivity contribution >= 4 is 16.6 Å². The van der Waals surface area contributed by atoms with Gasteiger partial charge in [-0.2, -0.15) is 0 Å². The van der Waals surface area contributed by atoms with E-state index in [0.717, 1.165) is 22.3 Å². The van der Waals surface area contributed by atoms with Crippen molar-refractivity contribution in [2.24, 2.45) is 0 Å². The second-order valence-electron chi connectivity index (χ2n) is 5.63. The third-order valence-corrected chi connectivity index (χ3v) is 4.22. The second kappa shape index (κ2) is 5.84. The number of nitrogens with zero attached hydrogens (tertiary/aromatic N) is 3. The summed E-state index contributed by atoms with van der Waals surface area (Å²) in [7, 11) is 1.58. The van der Waals surface area contributed by atoms with Crippen molar-refractivity contribution in [3.8, 4) is 29.4 Å². The summed E-state index contributed by atoms with van der Waals surface area (Å²) in [5, 5.41) is 0.873. The summed E-state index contributed by atoms with van der Waals surface area (Å²) >= 11 is 0. The summed E-state index contributed by atoms with van der Waals surface area (Å²) < 4.78 is 8.98. The SMILES string of the molecule is C#CCn1c(=O)ccc2c(-c3cn4ccccc4n3)ccc(OC)c21. The zero-order valence-electron chi connectivity index (χ0n) is 13.6. The Kier molecular flexibility index (Phi) is 3.51. The van der Waals surface area contributed by atoms with E-state index in [9.17, 15) is 4.79 Å². The molecule has 3 aromatic heterocycles. The van der Waals surface area contributed by atoms with Gasteiger partial charge in [-0.3, -0.25) is 9.36 Å². The molecular weight excluding hydrogens is 314 g/mol. The molecule has 0 unspecified atom stereocenters. The number of hydrogen-bond acceptors (Lipinski definition) is 3. The summed E-state index contributed by atoms with van der Waals surface area (Å²) in [4.78, 5) is 17.0. The highest BCUT2D eigenvalue weighted by Crippen LogP contribution is 2.33. The van der Waals surface area contributed by atoms with Gasteiger partial charge in [0.2, 0.25) is 0 Å². The zero-order chi connectivity index (χ0) is 17.4. The Morgan fingerprint density at radius 2 is 2.08 bits per heavy atom. The van der Waals surface area contributed by atoms with Crippen molar-refractivity contribution in [3.05, 3.63) is 65.2 Å². The van der Waals surface area contributed by atoms with Crippen LogP contribution in [-0.4, -0.2) is 21.1 Å². The molecule has 0 saturated heterocycles. The maximum absolute atomic E-state index is 12.3. The molecule has 1 aromatic carbocycles. The third kappa shape index (κ3) is 2.36. The Morgan fingerprint density at radius 1 is 1.20 bits per heavy atom. The van der Waals surface area contributed by atoms with Crippen LogP contribution in [0.3, 0.4) is 0 Å². The monoisotopic (exact) mass is 329 g/mol. The molecule has 0 aliphatic carbocycles. The summed E-state index contributed by atoms with van der Waals surface area (Å²) in [6.45, 7) is 0.182. The summed E-state index contributed by atoms with van der Waals surface area (Å²) in [6, 6.07) is 13.0. The quantitative estimate of drug-likeness (QED) is 0.543. The van der Waals surface area contributed by atoms with Gasteiger partial charge in [0.15, 0.2) is 0 Å². The molecular formula is C20H15N3O2. The lowest BCUT2D eigenvalue weighted by Crippen LogP contribution is -2.19. The van der Waals surface area contributed by atoms with Gasteiger partial charge in [-0.15, -0.1) is 6.42 Å². The smallest absolute Gasteiger partial charge is 0.251 e. The molecule has 0 spiro atoms. The number of hydrogen-bond donors (Lipinski definition) is 0. The van der Waals surface area contributed by atoms with Crippen molar-refractivity contribution < 1.29 is 4.74 Å². The predicted octanol–water partition coefficient (Wildman–Crippen LogP) is 2.96. The lowest BCUT2D eigenvalue weighted by atomic mass is 10.0. The lowest BCUT2D eigenvalue weighted by Gasteiger charge is -2.13. The van der Waals surface area contributed by atoms with Crippen molar-refractivity contribution in [2.45, 2.75) is 6.54 Å². The molecule has 0 amide bonds. The van der Waals surface area contributed by atoms with E-state index in [1.54, 1.807) is 17.7 Å². The zero-order valence-corrected chi connectivity index (χ0v) is 13.6. The first kappa shape index (κ1) is 15.0. The number of terminal acetylenes is 1. The van der Waals surface area contributed by atoms with Gasteiger partial charge in [0.25, 0.3) is 5.56 Å². The second-order valence-corrected chi connectivity index (χ2v) is 5.63. The molecule has 4 rings (SSSR count). The molecule has 0 bridgehead atoms. The van der Waals surface area contributed by atoms with Crippen LogP contribution in [-0.2, 0) is 6.54 Å². The fraction of sp³-hybridized carbons (Fsp3) is 0.100.